The van der Waals surface area contributed by atoms with Crippen molar-refractivity contribution in [1.82, 2.24) is 4.98 Å². The lowest BCUT2D eigenvalue weighted by Gasteiger charge is -2.09. The van der Waals surface area contributed by atoms with Gasteiger partial charge in [0.2, 0.25) is 5.78 Å². The van der Waals surface area contributed by atoms with Gasteiger partial charge in [0, 0.05) is 22.8 Å². The highest BCUT2D eigenvalue weighted by atomic mass is 32.1. The van der Waals surface area contributed by atoms with E-state index in [1.807, 2.05) is 24.4 Å². The smallest absolute Gasteiger partial charge is 0.214 e. The molecule has 0 saturated carbocycles. The first-order valence-corrected chi connectivity index (χ1v) is 6.71. The number of ketones is 1. The normalized spacial score (nSPS) is 18.8. The van der Waals surface area contributed by atoms with Crippen molar-refractivity contribution in [3.8, 4) is 0 Å². The van der Waals surface area contributed by atoms with Crippen LogP contribution in [0.15, 0.2) is 41.9 Å². The van der Waals surface area contributed by atoms with Gasteiger partial charge in [0.05, 0.1) is 5.57 Å². The molecule has 2 aromatic rings. The third-order valence-electron chi connectivity index (χ3n) is 3.05. The molecule has 19 heavy (non-hydrogen) atoms. The third-order valence-corrected chi connectivity index (χ3v) is 4.09. The summed E-state index contributed by atoms with van der Waals surface area (Å²) in [6.45, 7) is 1.96. The second-order valence-electron chi connectivity index (χ2n) is 4.32. The summed E-state index contributed by atoms with van der Waals surface area (Å²) in [5, 5.41) is 1.94. The van der Waals surface area contributed by atoms with Crippen molar-refractivity contribution in [1.29, 1.82) is 0 Å². The topological polar surface area (TPSA) is 65.2 Å². The number of nitrogens with two attached hydrogens (primary N) is 1. The zero-order chi connectivity index (χ0) is 13.4. The number of pyridine rings is 1. The van der Waals surface area contributed by atoms with Crippen LogP contribution in [0.2, 0.25) is 0 Å². The number of carbonyl (C=O) groups excluding carboxylic acids is 1. The standard InChI is InChI=1S/C14H12N2O2S/c1-8-4-6-19-13(8)10-11(17)12(18-14(10)15)9-3-2-5-16-7-9/h2-7,12H,15H2,1H3. The lowest BCUT2D eigenvalue weighted by atomic mass is 10.0. The van der Waals surface area contributed by atoms with Gasteiger partial charge in [0.1, 0.15) is 0 Å². The minimum absolute atomic E-state index is 0.101. The Labute approximate surface area is 114 Å². The van der Waals surface area contributed by atoms with Gasteiger partial charge < -0.3 is 10.5 Å². The molecule has 0 aliphatic carbocycles. The van der Waals surface area contributed by atoms with E-state index in [-0.39, 0.29) is 11.7 Å². The van der Waals surface area contributed by atoms with E-state index in [1.54, 1.807) is 18.5 Å². The van der Waals surface area contributed by atoms with Crippen molar-refractivity contribution in [2.45, 2.75) is 13.0 Å². The summed E-state index contributed by atoms with van der Waals surface area (Å²) in [6, 6.07) is 5.55. The number of hydrogen-bond acceptors (Lipinski definition) is 5. The molecule has 0 bridgehead atoms. The zero-order valence-corrected chi connectivity index (χ0v) is 11.1. The van der Waals surface area contributed by atoms with Crippen molar-refractivity contribution in [2.75, 3.05) is 0 Å². The van der Waals surface area contributed by atoms with Crippen LogP contribution in [-0.4, -0.2) is 10.8 Å². The summed E-state index contributed by atoms with van der Waals surface area (Å²) in [5.74, 6) is 0.0976. The number of hydrogen-bond donors (Lipinski definition) is 1. The van der Waals surface area contributed by atoms with Crippen LogP contribution >= 0.6 is 11.3 Å². The van der Waals surface area contributed by atoms with Gasteiger partial charge >= 0.3 is 0 Å². The Kier molecular flexibility index (Phi) is 2.83. The van der Waals surface area contributed by atoms with Crippen molar-refractivity contribution < 1.29 is 9.53 Å². The molecule has 1 atom stereocenters. The maximum atomic E-state index is 12.5. The molecule has 0 saturated heterocycles. The molecule has 3 rings (SSSR count). The Balaban J connectivity index is 1.99. The van der Waals surface area contributed by atoms with Crippen LogP contribution in [0, 0.1) is 6.92 Å². The third kappa shape index (κ3) is 1.92. The number of thiophene rings is 1. The van der Waals surface area contributed by atoms with Crippen LogP contribution in [0.5, 0.6) is 0 Å². The first kappa shape index (κ1) is 11.9. The van der Waals surface area contributed by atoms with E-state index < -0.39 is 6.10 Å². The van der Waals surface area contributed by atoms with Crippen LogP contribution in [0.3, 0.4) is 0 Å². The SMILES string of the molecule is Cc1ccsc1C1=C(N)OC(c2cccnc2)C1=O. The van der Waals surface area contributed by atoms with E-state index in [2.05, 4.69) is 4.98 Å². The molecule has 0 fully saturated rings. The number of carbonyl (C=O) groups is 1. The Morgan fingerprint density at radius 2 is 2.26 bits per heavy atom. The molecule has 0 amide bonds. The molecular formula is C14H12N2O2S. The number of aromatic nitrogens is 1. The highest BCUT2D eigenvalue weighted by Gasteiger charge is 2.37. The lowest BCUT2D eigenvalue weighted by molar-refractivity contribution is -0.120. The molecule has 2 aromatic heterocycles. The fourth-order valence-electron chi connectivity index (χ4n) is 2.10. The van der Waals surface area contributed by atoms with Gasteiger partial charge in [-0.1, -0.05) is 6.07 Å². The first-order valence-electron chi connectivity index (χ1n) is 5.83. The Morgan fingerprint density at radius 3 is 2.89 bits per heavy atom. The summed E-state index contributed by atoms with van der Waals surface area (Å²) in [5.41, 5.74) is 8.12. The molecule has 2 N–H and O–H groups in total. The average Bonchev–Trinajstić information content (AvgIpc) is 2.95. The summed E-state index contributed by atoms with van der Waals surface area (Å²) < 4.78 is 5.53. The molecule has 96 valence electrons. The summed E-state index contributed by atoms with van der Waals surface area (Å²) in [6.07, 6.45) is 2.61. The molecule has 4 nitrogen and oxygen atoms in total. The average molecular weight is 272 g/mol. The van der Waals surface area contributed by atoms with E-state index in [4.69, 9.17) is 10.5 Å². The number of rotatable bonds is 2. The Hall–Kier alpha value is -2.14. The van der Waals surface area contributed by atoms with Crippen LogP contribution in [0.25, 0.3) is 5.57 Å². The number of ether oxygens (including phenoxy) is 1. The van der Waals surface area contributed by atoms with Crippen LogP contribution in [0.4, 0.5) is 0 Å². The van der Waals surface area contributed by atoms with Crippen LogP contribution in [0.1, 0.15) is 22.1 Å². The fraction of sp³-hybridized carbons (Fsp3) is 0.143. The van der Waals surface area contributed by atoms with E-state index in [9.17, 15) is 4.79 Å². The monoisotopic (exact) mass is 272 g/mol. The fourth-order valence-corrected chi connectivity index (χ4v) is 3.08. The number of Topliss-reactive ketones (excluding diaryl/α,β-unsaturated/α-hetero) is 1. The molecule has 1 aliphatic heterocycles. The highest BCUT2D eigenvalue weighted by Crippen LogP contribution is 2.38. The molecule has 5 heteroatoms. The molecule has 0 radical (unpaired) electrons. The molecule has 1 unspecified atom stereocenters. The number of nitrogens with zero attached hydrogens (tertiary/aromatic N) is 1. The van der Waals surface area contributed by atoms with Gasteiger partial charge in [0.15, 0.2) is 12.0 Å². The van der Waals surface area contributed by atoms with Crippen LogP contribution in [-0.2, 0) is 9.53 Å². The highest BCUT2D eigenvalue weighted by molar-refractivity contribution is 7.11. The Bertz CT molecular complexity index is 661. The predicted octanol–water partition coefficient (Wildman–Crippen LogP) is 2.42. The summed E-state index contributed by atoms with van der Waals surface area (Å²) in [4.78, 5) is 17.4. The maximum absolute atomic E-state index is 12.5. The Morgan fingerprint density at radius 1 is 1.42 bits per heavy atom. The summed E-state index contributed by atoms with van der Waals surface area (Å²) in [7, 11) is 0. The summed E-state index contributed by atoms with van der Waals surface area (Å²) >= 11 is 1.50. The van der Waals surface area contributed by atoms with Gasteiger partial charge in [-0.25, -0.2) is 0 Å². The van der Waals surface area contributed by atoms with Crippen molar-refractivity contribution in [2.24, 2.45) is 5.73 Å². The second kappa shape index (κ2) is 4.51. The zero-order valence-electron chi connectivity index (χ0n) is 10.3. The first-order chi connectivity index (χ1) is 9.18. The van der Waals surface area contributed by atoms with Gasteiger partial charge in [-0.15, -0.1) is 11.3 Å². The second-order valence-corrected chi connectivity index (χ2v) is 5.24. The molecule has 0 aromatic carbocycles. The minimum Gasteiger partial charge on any atom is -0.462 e. The van der Waals surface area contributed by atoms with Crippen molar-refractivity contribution in [3.05, 3.63) is 57.9 Å². The van der Waals surface area contributed by atoms with Gasteiger partial charge in [-0.3, -0.25) is 9.78 Å². The van der Waals surface area contributed by atoms with Gasteiger partial charge in [-0.05, 0) is 30.0 Å². The van der Waals surface area contributed by atoms with Gasteiger partial charge in [0.25, 0.3) is 0 Å². The van der Waals surface area contributed by atoms with E-state index in [0.29, 0.717) is 5.57 Å². The number of aryl methyl sites for hydroxylation is 1. The molecular weight excluding hydrogens is 260 g/mol. The quantitative estimate of drug-likeness (QED) is 0.911. The van der Waals surface area contributed by atoms with E-state index >= 15 is 0 Å². The molecule has 1 aliphatic rings. The van der Waals surface area contributed by atoms with Crippen molar-refractivity contribution >= 4 is 22.7 Å². The van der Waals surface area contributed by atoms with E-state index in [1.165, 1.54) is 11.3 Å². The van der Waals surface area contributed by atoms with E-state index in [0.717, 1.165) is 16.0 Å². The predicted molar refractivity (Wildman–Crippen MR) is 73.2 cm³/mol. The lowest BCUT2D eigenvalue weighted by Crippen LogP contribution is -2.09. The largest absolute Gasteiger partial charge is 0.462 e. The molecule has 0 spiro atoms. The maximum Gasteiger partial charge on any atom is 0.214 e. The van der Waals surface area contributed by atoms with Crippen molar-refractivity contribution in [3.63, 3.8) is 0 Å². The van der Waals surface area contributed by atoms with Gasteiger partial charge in [-0.2, -0.15) is 0 Å². The molecule has 3 heterocycles. The minimum atomic E-state index is -0.676. The van der Waals surface area contributed by atoms with Crippen LogP contribution < -0.4 is 5.73 Å².